The number of hydrogen-bond acceptors (Lipinski definition) is 4. The van der Waals surface area contributed by atoms with Crippen LogP contribution in [0.15, 0.2) is 24.3 Å². The van der Waals surface area contributed by atoms with Gasteiger partial charge in [0.25, 0.3) is 5.69 Å². The van der Waals surface area contributed by atoms with Gasteiger partial charge in [0, 0.05) is 12.1 Å². The summed E-state index contributed by atoms with van der Waals surface area (Å²) in [7, 11) is 0. The Morgan fingerprint density at radius 3 is 2.77 bits per heavy atom. The summed E-state index contributed by atoms with van der Waals surface area (Å²) < 4.78 is 4.38. The van der Waals surface area contributed by atoms with Crippen molar-refractivity contribution in [1.29, 1.82) is 0 Å². The van der Waals surface area contributed by atoms with Gasteiger partial charge in [0.1, 0.15) is 0 Å². The van der Waals surface area contributed by atoms with Crippen LogP contribution in [-0.2, 0) is 3.07 Å². The Bertz CT molecular complexity index is 352. The number of carbonyl (C=O) groups excluding carboxylic acids is 1. The van der Waals surface area contributed by atoms with Crippen LogP contribution < -0.4 is 0 Å². The molecule has 0 saturated heterocycles. The van der Waals surface area contributed by atoms with E-state index in [1.54, 1.807) is 0 Å². The van der Waals surface area contributed by atoms with Crippen molar-refractivity contribution < 1.29 is 12.8 Å². The Morgan fingerprint density at radius 1 is 1.54 bits per heavy atom. The molecule has 6 heteroatoms. The second-order valence-electron chi connectivity index (χ2n) is 2.17. The van der Waals surface area contributed by atoms with Gasteiger partial charge < -0.3 is 3.07 Å². The molecule has 1 rings (SSSR count). The third-order valence-electron chi connectivity index (χ3n) is 1.36. The zero-order valence-corrected chi connectivity index (χ0v) is 8.43. The van der Waals surface area contributed by atoms with Gasteiger partial charge in [0.2, 0.25) is 0 Å². The summed E-state index contributed by atoms with van der Waals surface area (Å²) in [6.45, 7) is 0. The molecule has 0 atom stereocenters. The van der Waals surface area contributed by atoms with Gasteiger partial charge in [0.05, 0.1) is 10.5 Å². The van der Waals surface area contributed by atoms with Crippen molar-refractivity contribution in [1.82, 2.24) is 0 Å². The van der Waals surface area contributed by atoms with E-state index in [0.717, 1.165) is 0 Å². The first-order valence-electron chi connectivity index (χ1n) is 3.22. The molecule has 13 heavy (non-hydrogen) atoms. The number of hydrogen-bond donors (Lipinski definition) is 0. The highest BCUT2D eigenvalue weighted by molar-refractivity contribution is 14.1. The van der Waals surface area contributed by atoms with Crippen LogP contribution in [-0.4, -0.2) is 10.9 Å². The van der Waals surface area contributed by atoms with Crippen molar-refractivity contribution in [2.75, 3.05) is 0 Å². The summed E-state index contributed by atoms with van der Waals surface area (Å²) in [4.78, 5) is 20.7. The largest absolute Gasteiger partial charge is 0.391 e. The minimum atomic E-state index is -0.593. The number of rotatable bonds is 2. The number of halogens is 1. The van der Waals surface area contributed by atoms with E-state index in [2.05, 4.69) is 3.07 Å². The molecule has 0 amide bonds. The van der Waals surface area contributed by atoms with Crippen molar-refractivity contribution in [3.63, 3.8) is 0 Å². The first kappa shape index (κ1) is 9.90. The summed E-state index contributed by atoms with van der Waals surface area (Å²) in [5.41, 5.74) is 0.0444. The van der Waals surface area contributed by atoms with E-state index in [1.807, 2.05) is 0 Å². The molecule has 0 aromatic heterocycles. The summed E-state index contributed by atoms with van der Waals surface area (Å²) in [6.07, 6.45) is 0. The maximum Gasteiger partial charge on any atom is 0.347 e. The Labute approximate surface area is 87.5 Å². The number of nitro groups is 1. The molecule has 68 valence electrons. The molecular weight excluding hydrogens is 289 g/mol. The molecule has 0 heterocycles. The van der Waals surface area contributed by atoms with Crippen LogP contribution in [0.2, 0.25) is 0 Å². The third-order valence-corrected chi connectivity index (χ3v) is 1.76. The molecule has 0 radical (unpaired) electrons. The Morgan fingerprint density at radius 2 is 2.23 bits per heavy atom. The van der Waals surface area contributed by atoms with Crippen LogP contribution in [0.25, 0.3) is 0 Å². The molecule has 1 aromatic carbocycles. The predicted octanol–water partition coefficient (Wildman–Crippen LogP) is 2.10. The summed E-state index contributed by atoms with van der Waals surface area (Å²) in [5, 5.41) is 10.3. The lowest BCUT2D eigenvalue weighted by Crippen LogP contribution is -1.98. The molecule has 0 saturated carbocycles. The van der Waals surface area contributed by atoms with Crippen molar-refractivity contribution in [2.24, 2.45) is 0 Å². The van der Waals surface area contributed by atoms with Gasteiger partial charge in [-0.25, -0.2) is 4.79 Å². The minimum absolute atomic E-state index is 0.126. The van der Waals surface area contributed by atoms with Crippen molar-refractivity contribution in [2.45, 2.75) is 0 Å². The smallest absolute Gasteiger partial charge is 0.347 e. The highest BCUT2D eigenvalue weighted by atomic mass is 127. The van der Waals surface area contributed by atoms with Gasteiger partial charge in [-0.2, -0.15) is 0 Å². The highest BCUT2D eigenvalue weighted by Gasteiger charge is 2.11. The van der Waals surface area contributed by atoms with Gasteiger partial charge in [-0.1, -0.05) is 6.07 Å². The van der Waals surface area contributed by atoms with Gasteiger partial charge in [-0.3, -0.25) is 10.1 Å². The number of nitrogens with zero attached hydrogens (tertiary/aromatic N) is 1. The molecule has 0 N–H and O–H groups in total. The van der Waals surface area contributed by atoms with Crippen molar-refractivity contribution >= 4 is 34.7 Å². The fraction of sp³-hybridized carbons (Fsp3) is 0. The normalized spacial score (nSPS) is 9.31. The van der Waals surface area contributed by atoms with Gasteiger partial charge >= 0.3 is 5.97 Å². The van der Waals surface area contributed by atoms with Crippen LogP contribution in [0.5, 0.6) is 0 Å². The van der Waals surface area contributed by atoms with Crippen molar-refractivity contribution in [3.8, 4) is 0 Å². The number of carbonyl (C=O) groups is 1. The van der Waals surface area contributed by atoms with Crippen LogP contribution in [0.1, 0.15) is 10.4 Å². The average Bonchev–Trinajstić information content (AvgIpc) is 2.17. The van der Waals surface area contributed by atoms with Gasteiger partial charge in [-0.15, -0.1) is 0 Å². The van der Waals surface area contributed by atoms with Crippen molar-refractivity contribution in [3.05, 3.63) is 39.9 Å². The summed E-state index contributed by atoms with van der Waals surface area (Å²) >= 11 is 1.43. The standard InChI is InChI=1S/C7H4INO4/c8-13-7(10)5-2-1-3-6(4-5)9(11)12/h1-4H. The van der Waals surface area contributed by atoms with E-state index >= 15 is 0 Å². The van der Waals surface area contributed by atoms with Gasteiger partial charge in [-0.05, 0) is 6.07 Å². The Kier molecular flexibility index (Phi) is 3.18. The number of non-ortho nitro benzene ring substituents is 1. The van der Waals surface area contributed by atoms with E-state index in [0.29, 0.717) is 0 Å². The Hall–Kier alpha value is -1.18. The number of nitro benzene ring substituents is 1. The van der Waals surface area contributed by atoms with E-state index in [9.17, 15) is 14.9 Å². The fourth-order valence-corrected chi connectivity index (χ4v) is 1.05. The summed E-state index contributed by atoms with van der Waals surface area (Å²) in [6, 6.07) is 5.36. The average molecular weight is 293 g/mol. The van der Waals surface area contributed by atoms with E-state index in [-0.39, 0.29) is 11.3 Å². The zero-order valence-electron chi connectivity index (χ0n) is 6.27. The second kappa shape index (κ2) is 4.17. The lowest BCUT2D eigenvalue weighted by molar-refractivity contribution is -0.384. The molecule has 0 spiro atoms. The first-order valence-corrected chi connectivity index (χ1v) is 4.10. The third kappa shape index (κ3) is 2.38. The van der Waals surface area contributed by atoms with Gasteiger partial charge in [0.15, 0.2) is 23.0 Å². The molecule has 0 unspecified atom stereocenters. The molecule has 1 aromatic rings. The lowest BCUT2D eigenvalue weighted by atomic mass is 10.2. The molecule has 0 aliphatic heterocycles. The topological polar surface area (TPSA) is 69.4 Å². The van der Waals surface area contributed by atoms with Crippen LogP contribution in [0.3, 0.4) is 0 Å². The molecule has 5 nitrogen and oxygen atoms in total. The molecule has 0 fully saturated rings. The first-order chi connectivity index (χ1) is 6.15. The highest BCUT2D eigenvalue weighted by Crippen LogP contribution is 2.14. The zero-order chi connectivity index (χ0) is 9.84. The molecule has 0 aliphatic carbocycles. The van der Waals surface area contributed by atoms with E-state index in [1.165, 1.54) is 47.3 Å². The predicted molar refractivity (Wildman–Crippen MR) is 52.5 cm³/mol. The maximum atomic E-state index is 10.9. The fourth-order valence-electron chi connectivity index (χ4n) is 0.791. The van der Waals surface area contributed by atoms with E-state index < -0.39 is 10.9 Å². The molecule has 0 bridgehead atoms. The quantitative estimate of drug-likeness (QED) is 0.475. The summed E-state index contributed by atoms with van der Waals surface area (Å²) in [5.74, 6) is -0.593. The van der Waals surface area contributed by atoms with Crippen LogP contribution in [0, 0.1) is 10.1 Å². The Balaban J connectivity index is 3.05. The van der Waals surface area contributed by atoms with Crippen LogP contribution in [0.4, 0.5) is 5.69 Å². The lowest BCUT2D eigenvalue weighted by Gasteiger charge is -1.95. The second-order valence-corrected chi connectivity index (χ2v) is 2.61. The minimum Gasteiger partial charge on any atom is -0.391 e. The number of benzene rings is 1. The SMILES string of the molecule is O=C(OI)c1cccc([N+](=O)[O-])c1. The molecule has 0 aliphatic rings. The monoisotopic (exact) mass is 293 g/mol. The van der Waals surface area contributed by atoms with Crippen LogP contribution >= 0.6 is 23.0 Å². The maximum absolute atomic E-state index is 10.9. The molecular formula is C7H4INO4. The van der Waals surface area contributed by atoms with E-state index in [4.69, 9.17) is 0 Å².